The minimum Gasteiger partial charge on any atom is -0.489 e. The summed E-state index contributed by atoms with van der Waals surface area (Å²) in [5, 5.41) is 7.71. The Morgan fingerprint density at radius 2 is 1.89 bits per heavy atom. The van der Waals surface area contributed by atoms with Crippen LogP contribution in [0.4, 0.5) is 24.5 Å². The molecule has 0 amide bonds. The predicted molar refractivity (Wildman–Crippen MR) is 103 cm³/mol. The van der Waals surface area contributed by atoms with E-state index in [2.05, 4.69) is 27.9 Å². The molecule has 0 bridgehead atoms. The van der Waals surface area contributed by atoms with Gasteiger partial charge in [0.25, 0.3) is 0 Å². The number of primary sulfonamides is 1. The lowest BCUT2D eigenvalue weighted by Gasteiger charge is -2.18. The molecule has 3 rings (SSSR count). The van der Waals surface area contributed by atoms with Gasteiger partial charge in [-0.3, -0.25) is 0 Å². The fourth-order valence-corrected chi connectivity index (χ4v) is 4.00. The van der Waals surface area contributed by atoms with E-state index in [4.69, 9.17) is 9.88 Å². The van der Waals surface area contributed by atoms with Crippen molar-refractivity contribution in [2.24, 2.45) is 11.1 Å². The van der Waals surface area contributed by atoms with Gasteiger partial charge in [-0.1, -0.05) is 0 Å². The van der Waals surface area contributed by atoms with Crippen molar-refractivity contribution < 1.29 is 26.3 Å². The Bertz CT molecular complexity index is 1010. The molecular weight excluding hydrogens is 496 g/mol. The van der Waals surface area contributed by atoms with Crippen LogP contribution in [0.5, 0.6) is 5.75 Å². The largest absolute Gasteiger partial charge is 0.489 e. The van der Waals surface area contributed by atoms with Crippen LogP contribution in [-0.4, -0.2) is 15.0 Å². The summed E-state index contributed by atoms with van der Waals surface area (Å²) >= 11 is 2.07. The number of ether oxygens (including phenoxy) is 1. The smallest absolute Gasteiger partial charge is 0.244 e. The Labute approximate surface area is 168 Å². The third-order valence-corrected chi connectivity index (χ3v) is 5.76. The molecular formula is C17H16F3IN2O3S. The second-order valence-electron chi connectivity index (χ2n) is 6.36. The average Bonchev–Trinajstić information content (AvgIpc) is 3.39. The lowest BCUT2D eigenvalue weighted by Crippen LogP contribution is -2.19. The molecule has 27 heavy (non-hydrogen) atoms. The van der Waals surface area contributed by atoms with Crippen LogP contribution < -0.4 is 15.2 Å². The van der Waals surface area contributed by atoms with Crippen molar-refractivity contribution in [1.29, 1.82) is 0 Å². The molecule has 5 nitrogen and oxygen atoms in total. The highest BCUT2D eigenvalue weighted by atomic mass is 127. The van der Waals surface area contributed by atoms with E-state index in [0.717, 1.165) is 16.4 Å². The van der Waals surface area contributed by atoms with Crippen molar-refractivity contribution in [2.45, 2.75) is 24.7 Å². The minimum atomic E-state index is -4.63. The number of rotatable bonds is 6. The zero-order chi connectivity index (χ0) is 19.9. The Kier molecular flexibility index (Phi) is 5.59. The summed E-state index contributed by atoms with van der Waals surface area (Å²) in [6.45, 7) is 1.69. The molecule has 0 atom stereocenters. The second kappa shape index (κ2) is 7.47. The van der Waals surface area contributed by atoms with Crippen molar-refractivity contribution >= 4 is 44.0 Å². The van der Waals surface area contributed by atoms with E-state index in [-0.39, 0.29) is 12.5 Å². The van der Waals surface area contributed by atoms with Gasteiger partial charge in [-0.25, -0.2) is 22.3 Å². The molecule has 0 aromatic heterocycles. The van der Waals surface area contributed by atoms with Crippen molar-refractivity contribution in [2.75, 3.05) is 11.9 Å². The Morgan fingerprint density at radius 1 is 1.22 bits per heavy atom. The highest BCUT2D eigenvalue weighted by Crippen LogP contribution is 2.41. The maximum absolute atomic E-state index is 14.5. The van der Waals surface area contributed by atoms with E-state index < -0.39 is 43.8 Å². The van der Waals surface area contributed by atoms with Gasteiger partial charge >= 0.3 is 0 Å². The van der Waals surface area contributed by atoms with E-state index in [1.54, 1.807) is 25.1 Å². The van der Waals surface area contributed by atoms with Crippen LogP contribution in [0.2, 0.25) is 0 Å². The van der Waals surface area contributed by atoms with Crippen LogP contribution >= 0.6 is 22.6 Å². The first kappa shape index (κ1) is 20.2. The number of sulfonamides is 1. The molecule has 1 fully saturated rings. The van der Waals surface area contributed by atoms with E-state index >= 15 is 0 Å². The maximum atomic E-state index is 14.5. The van der Waals surface area contributed by atoms with Gasteiger partial charge < -0.3 is 10.1 Å². The van der Waals surface area contributed by atoms with Crippen molar-refractivity contribution in [3.8, 4) is 5.75 Å². The third-order valence-electron chi connectivity index (χ3n) is 4.13. The molecule has 2 aromatic rings. The second-order valence-corrected chi connectivity index (χ2v) is 9.10. The van der Waals surface area contributed by atoms with Crippen LogP contribution in [0.3, 0.4) is 0 Å². The quantitative estimate of drug-likeness (QED) is 0.450. The van der Waals surface area contributed by atoms with Crippen LogP contribution in [0.1, 0.15) is 18.4 Å². The van der Waals surface area contributed by atoms with Gasteiger partial charge in [0.2, 0.25) is 21.7 Å². The zero-order valence-corrected chi connectivity index (χ0v) is 17.1. The van der Waals surface area contributed by atoms with Crippen LogP contribution in [0.15, 0.2) is 23.1 Å². The van der Waals surface area contributed by atoms with Gasteiger partial charge in [0, 0.05) is 9.26 Å². The molecule has 0 saturated heterocycles. The summed E-state index contributed by atoms with van der Waals surface area (Å²) in [5.74, 6) is -6.02. The van der Waals surface area contributed by atoms with Crippen LogP contribution in [0.25, 0.3) is 0 Å². The van der Waals surface area contributed by atoms with E-state index in [1.165, 1.54) is 0 Å². The first-order valence-electron chi connectivity index (χ1n) is 7.98. The van der Waals surface area contributed by atoms with E-state index in [1.807, 2.05) is 0 Å². The van der Waals surface area contributed by atoms with Crippen LogP contribution in [-0.2, 0) is 10.0 Å². The van der Waals surface area contributed by atoms with Crippen LogP contribution in [0, 0.1) is 33.9 Å². The number of anilines is 2. The molecule has 2 aromatic carbocycles. The molecule has 3 N–H and O–H groups in total. The number of benzene rings is 2. The average molecular weight is 512 g/mol. The fraction of sp³-hybridized carbons (Fsp3) is 0.294. The maximum Gasteiger partial charge on any atom is 0.244 e. The number of halogens is 4. The summed E-state index contributed by atoms with van der Waals surface area (Å²) in [4.78, 5) is -0.947. The summed E-state index contributed by atoms with van der Waals surface area (Å²) < 4.78 is 73.1. The SMILES string of the molecule is Cc1cc(I)ccc1Nc1c(F)c(F)c(F)c(OCC2CC2)c1S(N)(=O)=O. The zero-order valence-electron chi connectivity index (χ0n) is 14.2. The molecule has 0 heterocycles. The van der Waals surface area contributed by atoms with E-state index in [0.29, 0.717) is 11.3 Å². The summed E-state index contributed by atoms with van der Waals surface area (Å²) in [7, 11) is -4.63. The number of aryl methyl sites for hydroxylation is 1. The van der Waals surface area contributed by atoms with Crippen molar-refractivity contribution in [1.82, 2.24) is 0 Å². The number of hydrogen-bond acceptors (Lipinski definition) is 4. The molecule has 1 aliphatic rings. The molecule has 0 spiro atoms. The van der Waals surface area contributed by atoms with Gasteiger partial charge in [0.05, 0.1) is 6.61 Å². The number of hydrogen-bond donors (Lipinski definition) is 2. The van der Waals surface area contributed by atoms with Gasteiger partial charge in [0.1, 0.15) is 5.69 Å². The number of nitrogens with one attached hydrogen (secondary N) is 1. The molecule has 0 radical (unpaired) electrons. The number of nitrogens with two attached hydrogens (primary N) is 1. The molecule has 0 aliphatic heterocycles. The summed E-state index contributed by atoms with van der Waals surface area (Å²) in [5.41, 5.74) is 0.178. The van der Waals surface area contributed by atoms with Crippen molar-refractivity contribution in [3.05, 3.63) is 44.8 Å². The lowest BCUT2D eigenvalue weighted by molar-refractivity contribution is 0.269. The Hall–Kier alpha value is -1.53. The van der Waals surface area contributed by atoms with E-state index in [9.17, 15) is 21.6 Å². The predicted octanol–water partition coefficient (Wildman–Crippen LogP) is 4.20. The summed E-state index contributed by atoms with van der Waals surface area (Å²) in [6, 6.07) is 5.01. The minimum absolute atomic E-state index is 0.00743. The third kappa shape index (κ3) is 4.32. The monoisotopic (exact) mass is 512 g/mol. The summed E-state index contributed by atoms with van der Waals surface area (Å²) in [6.07, 6.45) is 1.67. The highest BCUT2D eigenvalue weighted by Gasteiger charge is 2.33. The van der Waals surface area contributed by atoms with Gasteiger partial charge in [-0.2, -0.15) is 4.39 Å². The highest BCUT2D eigenvalue weighted by molar-refractivity contribution is 14.1. The first-order valence-corrected chi connectivity index (χ1v) is 10.6. The topological polar surface area (TPSA) is 81.4 Å². The molecule has 146 valence electrons. The standard InChI is InChI=1S/C17H16F3IN2O3S/c1-8-6-10(21)4-5-11(8)23-15-13(19)12(18)14(20)16(17(15)27(22,24)25)26-7-9-2-3-9/h4-6,9,23H,2-3,7H2,1H3,(H2,22,24,25). The van der Waals surface area contributed by atoms with Gasteiger partial charge in [0.15, 0.2) is 16.5 Å². The van der Waals surface area contributed by atoms with Gasteiger partial charge in [-0.05, 0) is 72.0 Å². The molecule has 1 saturated carbocycles. The normalized spacial score (nSPS) is 14.3. The first-order chi connectivity index (χ1) is 12.6. The molecule has 0 unspecified atom stereocenters. The fourth-order valence-electron chi connectivity index (χ4n) is 2.52. The van der Waals surface area contributed by atoms with Crippen molar-refractivity contribution in [3.63, 3.8) is 0 Å². The Morgan fingerprint density at radius 3 is 2.44 bits per heavy atom. The lowest BCUT2D eigenvalue weighted by atomic mass is 10.2. The molecule has 1 aliphatic carbocycles. The Balaban J connectivity index is 2.18. The van der Waals surface area contributed by atoms with Gasteiger partial charge in [-0.15, -0.1) is 0 Å². The molecule has 10 heteroatoms.